The molecule has 7 heteroatoms. The van der Waals surface area contributed by atoms with Gasteiger partial charge in [0.25, 0.3) is 11.5 Å². The van der Waals surface area contributed by atoms with E-state index < -0.39 is 11.4 Å². The molecule has 2 aromatic rings. The third-order valence-electron chi connectivity index (χ3n) is 4.23. The van der Waals surface area contributed by atoms with E-state index in [1.807, 2.05) is 25.1 Å². The summed E-state index contributed by atoms with van der Waals surface area (Å²) in [6.45, 7) is 5.18. The van der Waals surface area contributed by atoms with Gasteiger partial charge in [-0.05, 0) is 44.5 Å². The van der Waals surface area contributed by atoms with E-state index in [0.29, 0.717) is 17.0 Å². The fraction of sp³-hybridized carbons (Fsp3) is 0.158. The molecule has 7 nitrogen and oxygen atoms in total. The molecule has 2 N–H and O–H groups in total. The molecule has 0 unspecified atom stereocenters. The number of aromatic amines is 1. The number of aromatic nitrogens is 1. The van der Waals surface area contributed by atoms with Crippen LogP contribution in [0.15, 0.2) is 39.7 Å². The number of aromatic hydroxyl groups is 1. The number of nitrogens with one attached hydrogen (secondary N) is 1. The zero-order valence-electron chi connectivity index (χ0n) is 14.5. The molecule has 1 aliphatic heterocycles. The highest BCUT2D eigenvalue weighted by Crippen LogP contribution is 2.28. The van der Waals surface area contributed by atoms with E-state index >= 15 is 0 Å². The Balaban J connectivity index is 2.08. The first-order valence-corrected chi connectivity index (χ1v) is 7.87. The third-order valence-corrected chi connectivity index (χ3v) is 4.23. The molecule has 0 aliphatic carbocycles. The van der Waals surface area contributed by atoms with Gasteiger partial charge in [0.05, 0.1) is 17.0 Å². The Morgan fingerprint density at radius 3 is 2.46 bits per heavy atom. The number of nitriles is 1. The number of hydrogen-bond acceptors (Lipinski definition) is 5. The van der Waals surface area contributed by atoms with Crippen LogP contribution >= 0.6 is 0 Å². The lowest BCUT2D eigenvalue weighted by atomic mass is 10.0. The van der Waals surface area contributed by atoms with Crippen LogP contribution in [0.3, 0.4) is 0 Å². The predicted molar refractivity (Wildman–Crippen MR) is 97.9 cm³/mol. The number of pyridine rings is 1. The molecule has 3 rings (SSSR count). The number of aryl methyl sites for hydroxylation is 1. The Labute approximate surface area is 149 Å². The summed E-state index contributed by atoms with van der Waals surface area (Å²) in [6, 6.07) is 9.16. The van der Waals surface area contributed by atoms with Crippen molar-refractivity contribution < 1.29 is 9.90 Å². The molecule has 1 aliphatic rings. The van der Waals surface area contributed by atoms with Crippen LogP contribution in [0.2, 0.25) is 0 Å². The largest absolute Gasteiger partial charge is 0.494 e. The first-order chi connectivity index (χ1) is 12.3. The van der Waals surface area contributed by atoms with Crippen molar-refractivity contribution in [1.29, 1.82) is 5.26 Å². The second-order valence-electron chi connectivity index (χ2n) is 6.02. The van der Waals surface area contributed by atoms with E-state index in [9.17, 15) is 14.7 Å². The summed E-state index contributed by atoms with van der Waals surface area (Å²) in [4.78, 5) is 26.7. The maximum absolute atomic E-state index is 12.8. The van der Waals surface area contributed by atoms with Gasteiger partial charge >= 0.3 is 0 Å². The fourth-order valence-electron chi connectivity index (χ4n) is 2.72. The Kier molecular flexibility index (Phi) is 4.18. The Bertz CT molecular complexity index is 1070. The first kappa shape index (κ1) is 17.2. The van der Waals surface area contributed by atoms with Crippen molar-refractivity contribution in [2.45, 2.75) is 20.8 Å². The first-order valence-electron chi connectivity index (χ1n) is 7.87. The molecule has 0 bridgehead atoms. The number of carbonyl (C=O) groups is 1. The lowest BCUT2D eigenvalue weighted by molar-refractivity contribution is -0.114. The molecular formula is C19H16N4O3. The maximum atomic E-state index is 12.8. The molecule has 0 atom stereocenters. The Morgan fingerprint density at radius 2 is 1.85 bits per heavy atom. The van der Waals surface area contributed by atoms with E-state index in [-0.39, 0.29) is 22.6 Å². The lowest BCUT2D eigenvalue weighted by Crippen LogP contribution is -2.21. The second-order valence-corrected chi connectivity index (χ2v) is 6.02. The lowest BCUT2D eigenvalue weighted by Gasteiger charge is -2.12. The van der Waals surface area contributed by atoms with Gasteiger partial charge in [-0.1, -0.05) is 17.7 Å². The van der Waals surface area contributed by atoms with Crippen LogP contribution in [-0.2, 0) is 4.79 Å². The summed E-state index contributed by atoms with van der Waals surface area (Å²) in [5, 5.41) is 24.7. The molecule has 0 saturated carbocycles. The van der Waals surface area contributed by atoms with Crippen LogP contribution in [0.25, 0.3) is 6.08 Å². The molecular weight excluding hydrogens is 332 g/mol. The van der Waals surface area contributed by atoms with Crippen LogP contribution in [0.5, 0.6) is 5.88 Å². The SMILES string of the molecule is CC1=NN(c2ccc(C)cc2)C(=O)/C1=C/c1c(O)[nH]c(=O)c(C#N)c1C. The van der Waals surface area contributed by atoms with Gasteiger partial charge in [0.1, 0.15) is 11.6 Å². The van der Waals surface area contributed by atoms with Crippen molar-refractivity contribution in [3.8, 4) is 11.9 Å². The van der Waals surface area contributed by atoms with E-state index in [4.69, 9.17) is 5.26 Å². The van der Waals surface area contributed by atoms with Gasteiger partial charge in [-0.25, -0.2) is 0 Å². The van der Waals surface area contributed by atoms with Gasteiger partial charge < -0.3 is 5.11 Å². The van der Waals surface area contributed by atoms with Crippen molar-refractivity contribution in [2.24, 2.45) is 5.10 Å². The number of carbonyl (C=O) groups excluding carboxylic acids is 1. The highest BCUT2D eigenvalue weighted by Gasteiger charge is 2.29. The van der Waals surface area contributed by atoms with Crippen molar-refractivity contribution in [3.05, 3.63) is 62.4 Å². The number of H-pyrrole nitrogens is 1. The number of benzene rings is 1. The standard InChI is InChI=1S/C19H16N4O3/c1-10-4-6-13(7-5-10)23-19(26)15(12(3)22-23)8-14-11(2)16(9-20)18(25)21-17(14)24/h4-8H,1-3H3,(H2,21,24,25)/b15-8+. The minimum Gasteiger partial charge on any atom is -0.494 e. The van der Waals surface area contributed by atoms with Gasteiger partial charge in [-0.15, -0.1) is 0 Å². The van der Waals surface area contributed by atoms with Crippen molar-refractivity contribution in [3.63, 3.8) is 0 Å². The minimum atomic E-state index is -0.672. The molecule has 0 radical (unpaired) electrons. The van der Waals surface area contributed by atoms with Crippen LogP contribution in [0, 0.1) is 25.2 Å². The zero-order valence-corrected chi connectivity index (χ0v) is 14.5. The second kappa shape index (κ2) is 6.33. The van der Waals surface area contributed by atoms with Gasteiger partial charge in [0.15, 0.2) is 5.88 Å². The topological polar surface area (TPSA) is 110 Å². The molecule has 2 heterocycles. The fourth-order valence-corrected chi connectivity index (χ4v) is 2.72. The summed E-state index contributed by atoms with van der Waals surface area (Å²) in [6.07, 6.45) is 1.44. The number of anilines is 1. The van der Waals surface area contributed by atoms with Crippen molar-refractivity contribution in [2.75, 3.05) is 5.01 Å². The van der Waals surface area contributed by atoms with Gasteiger partial charge in [-0.3, -0.25) is 14.6 Å². The molecule has 1 aromatic heterocycles. The molecule has 0 saturated heterocycles. The summed E-state index contributed by atoms with van der Waals surface area (Å²) in [5.41, 5.74) is 2.18. The zero-order chi connectivity index (χ0) is 19.0. The van der Waals surface area contributed by atoms with E-state index in [0.717, 1.165) is 5.56 Å². The number of hydrogen-bond donors (Lipinski definition) is 2. The number of rotatable bonds is 2. The average Bonchev–Trinajstić information content (AvgIpc) is 2.87. The Hall–Kier alpha value is -3.66. The number of amides is 1. The van der Waals surface area contributed by atoms with E-state index in [2.05, 4.69) is 10.1 Å². The highest BCUT2D eigenvalue weighted by molar-refractivity contribution is 6.32. The average molecular weight is 348 g/mol. The molecule has 26 heavy (non-hydrogen) atoms. The van der Waals surface area contributed by atoms with E-state index in [1.54, 1.807) is 26.0 Å². The predicted octanol–water partition coefficient (Wildman–Crippen LogP) is 2.38. The Morgan fingerprint density at radius 1 is 1.19 bits per heavy atom. The smallest absolute Gasteiger partial charge is 0.280 e. The molecule has 1 aromatic carbocycles. The van der Waals surface area contributed by atoms with Gasteiger partial charge in [-0.2, -0.15) is 15.4 Å². The molecule has 130 valence electrons. The molecule has 0 spiro atoms. The monoisotopic (exact) mass is 348 g/mol. The maximum Gasteiger partial charge on any atom is 0.280 e. The normalized spacial score (nSPS) is 15.3. The quantitative estimate of drug-likeness (QED) is 0.812. The third kappa shape index (κ3) is 2.78. The van der Waals surface area contributed by atoms with Crippen LogP contribution in [0.4, 0.5) is 5.69 Å². The molecule has 0 fully saturated rings. The van der Waals surface area contributed by atoms with E-state index in [1.165, 1.54) is 11.1 Å². The summed E-state index contributed by atoms with van der Waals surface area (Å²) >= 11 is 0. The van der Waals surface area contributed by atoms with Gasteiger partial charge in [0.2, 0.25) is 0 Å². The minimum absolute atomic E-state index is 0.106. The van der Waals surface area contributed by atoms with Gasteiger partial charge in [0, 0.05) is 5.56 Å². The van der Waals surface area contributed by atoms with Crippen molar-refractivity contribution >= 4 is 23.4 Å². The number of nitrogens with zero attached hydrogens (tertiary/aromatic N) is 3. The van der Waals surface area contributed by atoms with Crippen LogP contribution in [0.1, 0.15) is 29.2 Å². The van der Waals surface area contributed by atoms with Crippen molar-refractivity contribution in [1.82, 2.24) is 4.98 Å². The van der Waals surface area contributed by atoms with Crippen LogP contribution in [-0.4, -0.2) is 21.7 Å². The summed E-state index contributed by atoms with van der Waals surface area (Å²) in [5.74, 6) is -0.747. The highest BCUT2D eigenvalue weighted by atomic mass is 16.3. The molecule has 1 amide bonds. The summed E-state index contributed by atoms with van der Waals surface area (Å²) in [7, 11) is 0. The van der Waals surface area contributed by atoms with Crippen LogP contribution < -0.4 is 10.6 Å². The number of hydrazone groups is 1. The summed E-state index contributed by atoms with van der Waals surface area (Å²) < 4.78 is 0.